The number of Topliss-reactive ketones (excluding diaryl/α,β-unsaturated/α-hetero) is 1. The Bertz CT molecular complexity index is 552. The van der Waals surface area contributed by atoms with Gasteiger partial charge in [-0.1, -0.05) is 6.92 Å². The average molecular weight is 329 g/mol. The van der Waals surface area contributed by atoms with Crippen molar-refractivity contribution in [3.8, 4) is 0 Å². The molecule has 2 N–H and O–H groups in total. The third-order valence-corrected chi connectivity index (χ3v) is 5.31. The second kappa shape index (κ2) is 8.63. The minimum absolute atomic E-state index is 0.0517. The maximum absolute atomic E-state index is 12.8. The summed E-state index contributed by atoms with van der Waals surface area (Å²) in [5.74, 6) is 0.242. The molecule has 4 nitrogen and oxygen atoms in total. The van der Waals surface area contributed by atoms with Crippen molar-refractivity contribution in [3.63, 3.8) is 0 Å². The molecule has 0 spiro atoms. The number of nitrogens with one attached hydrogen (secondary N) is 2. The third-order valence-electron chi connectivity index (χ3n) is 5.31. The van der Waals surface area contributed by atoms with Crippen LogP contribution in [-0.2, 0) is 6.42 Å². The normalized spacial score (nSPS) is 18.4. The van der Waals surface area contributed by atoms with Crippen molar-refractivity contribution in [2.75, 3.05) is 38.0 Å². The quantitative estimate of drug-likeness (QED) is 0.540. The van der Waals surface area contributed by atoms with Crippen molar-refractivity contribution < 1.29 is 4.79 Å². The second-order valence-electron chi connectivity index (χ2n) is 7.08. The van der Waals surface area contributed by atoms with Gasteiger partial charge in [-0.3, -0.25) is 4.79 Å². The summed E-state index contributed by atoms with van der Waals surface area (Å²) in [5.41, 5.74) is 3.32. The van der Waals surface area contributed by atoms with Gasteiger partial charge in [0.15, 0.2) is 5.78 Å². The Labute approximate surface area is 146 Å². The molecule has 1 aromatic carbocycles. The summed E-state index contributed by atoms with van der Waals surface area (Å²) >= 11 is 0. The molecule has 1 atom stereocenters. The fraction of sp³-hybridized carbons (Fsp3) is 0.650. The Balaban J connectivity index is 1.43. The van der Waals surface area contributed by atoms with E-state index < -0.39 is 0 Å². The lowest BCUT2D eigenvalue weighted by atomic mass is 9.99. The van der Waals surface area contributed by atoms with Crippen LogP contribution in [0.4, 0.5) is 5.69 Å². The number of carbonyl (C=O) groups excluding carboxylic acids is 1. The molecule has 1 unspecified atom stereocenters. The fourth-order valence-corrected chi connectivity index (χ4v) is 3.82. The number of anilines is 1. The van der Waals surface area contributed by atoms with Crippen LogP contribution in [0.5, 0.6) is 0 Å². The molecule has 3 rings (SSSR count). The molecule has 132 valence electrons. The molecule has 0 saturated carbocycles. The molecule has 24 heavy (non-hydrogen) atoms. The smallest absolute Gasteiger partial charge is 0.179 e. The van der Waals surface area contributed by atoms with Crippen LogP contribution in [0.2, 0.25) is 0 Å². The predicted octanol–water partition coefficient (Wildman–Crippen LogP) is 3.08. The zero-order valence-electron chi connectivity index (χ0n) is 14.9. The van der Waals surface area contributed by atoms with E-state index in [0.29, 0.717) is 0 Å². The van der Waals surface area contributed by atoms with Crippen LogP contribution in [0.1, 0.15) is 54.9 Å². The Morgan fingerprint density at radius 3 is 2.92 bits per heavy atom. The molecule has 1 fully saturated rings. The molecule has 2 aliphatic rings. The Kier molecular flexibility index (Phi) is 6.27. The van der Waals surface area contributed by atoms with Crippen molar-refractivity contribution in [1.29, 1.82) is 0 Å². The largest absolute Gasteiger partial charge is 0.384 e. The molecule has 1 saturated heterocycles. The van der Waals surface area contributed by atoms with Gasteiger partial charge in [0.05, 0.1) is 6.04 Å². The number of ketones is 1. The minimum atomic E-state index is -0.0517. The van der Waals surface area contributed by atoms with E-state index in [4.69, 9.17) is 0 Å². The lowest BCUT2D eigenvalue weighted by Crippen LogP contribution is -2.37. The van der Waals surface area contributed by atoms with Crippen molar-refractivity contribution >= 4 is 11.5 Å². The highest BCUT2D eigenvalue weighted by Crippen LogP contribution is 2.23. The number of unbranched alkanes of at least 4 members (excludes halogenated alkanes) is 1. The van der Waals surface area contributed by atoms with Crippen LogP contribution < -0.4 is 10.6 Å². The molecular weight excluding hydrogens is 298 g/mol. The van der Waals surface area contributed by atoms with Gasteiger partial charge < -0.3 is 15.5 Å². The summed E-state index contributed by atoms with van der Waals surface area (Å²) in [7, 11) is 0. The van der Waals surface area contributed by atoms with Gasteiger partial charge in [-0.2, -0.15) is 0 Å². The number of carbonyl (C=O) groups is 1. The first-order chi connectivity index (χ1) is 11.8. The van der Waals surface area contributed by atoms with Crippen molar-refractivity contribution in [2.24, 2.45) is 0 Å². The monoisotopic (exact) mass is 329 g/mol. The molecule has 0 aromatic heterocycles. The molecule has 2 aliphatic heterocycles. The van der Waals surface area contributed by atoms with Gasteiger partial charge in [-0.05, 0) is 88.5 Å². The van der Waals surface area contributed by atoms with Gasteiger partial charge in [0, 0.05) is 17.8 Å². The molecule has 0 amide bonds. The first kappa shape index (κ1) is 17.4. The first-order valence-electron chi connectivity index (χ1n) is 9.64. The van der Waals surface area contributed by atoms with Gasteiger partial charge in [0.2, 0.25) is 0 Å². The van der Waals surface area contributed by atoms with Crippen LogP contribution in [0.25, 0.3) is 0 Å². The summed E-state index contributed by atoms with van der Waals surface area (Å²) in [6.45, 7) is 7.77. The second-order valence-corrected chi connectivity index (χ2v) is 7.08. The average Bonchev–Trinajstić information content (AvgIpc) is 3.28. The number of nitrogens with zero attached hydrogens (tertiary/aromatic N) is 1. The van der Waals surface area contributed by atoms with E-state index in [1.54, 1.807) is 0 Å². The molecule has 2 heterocycles. The van der Waals surface area contributed by atoms with Crippen molar-refractivity contribution in [1.82, 2.24) is 10.2 Å². The zero-order chi connectivity index (χ0) is 16.8. The number of hydrogen-bond acceptors (Lipinski definition) is 4. The van der Waals surface area contributed by atoms with Crippen molar-refractivity contribution in [3.05, 3.63) is 29.3 Å². The summed E-state index contributed by atoms with van der Waals surface area (Å²) in [5, 5.41) is 6.83. The van der Waals surface area contributed by atoms with Gasteiger partial charge >= 0.3 is 0 Å². The summed E-state index contributed by atoms with van der Waals surface area (Å²) in [6, 6.07) is 6.05. The van der Waals surface area contributed by atoms with E-state index in [9.17, 15) is 4.79 Å². The lowest BCUT2D eigenvalue weighted by molar-refractivity contribution is 0.0940. The summed E-state index contributed by atoms with van der Waals surface area (Å²) < 4.78 is 0. The van der Waals surface area contributed by atoms with E-state index in [2.05, 4.69) is 34.6 Å². The predicted molar refractivity (Wildman–Crippen MR) is 100.0 cm³/mol. The SMILES string of the molecule is CCC(NCCCCN1CCCC1)C(=O)c1ccc2c(c1)CCN2. The van der Waals surface area contributed by atoms with E-state index in [1.165, 1.54) is 50.1 Å². The number of benzene rings is 1. The number of rotatable bonds is 9. The van der Waals surface area contributed by atoms with Crippen LogP contribution in [0.15, 0.2) is 18.2 Å². The van der Waals surface area contributed by atoms with E-state index in [-0.39, 0.29) is 11.8 Å². The highest BCUT2D eigenvalue weighted by atomic mass is 16.1. The van der Waals surface area contributed by atoms with E-state index in [1.807, 2.05) is 6.07 Å². The van der Waals surface area contributed by atoms with Crippen LogP contribution >= 0.6 is 0 Å². The van der Waals surface area contributed by atoms with E-state index >= 15 is 0 Å². The molecule has 0 radical (unpaired) electrons. The first-order valence-corrected chi connectivity index (χ1v) is 9.64. The van der Waals surface area contributed by atoms with Crippen molar-refractivity contribution in [2.45, 2.75) is 51.5 Å². The Morgan fingerprint density at radius 1 is 1.29 bits per heavy atom. The van der Waals surface area contributed by atoms with E-state index in [0.717, 1.165) is 37.9 Å². The van der Waals surface area contributed by atoms with Gasteiger partial charge in [-0.25, -0.2) is 0 Å². The zero-order valence-corrected chi connectivity index (χ0v) is 14.9. The van der Waals surface area contributed by atoms with Crippen LogP contribution in [0, 0.1) is 0 Å². The molecule has 1 aromatic rings. The van der Waals surface area contributed by atoms with Gasteiger partial charge in [0.25, 0.3) is 0 Å². The highest BCUT2D eigenvalue weighted by Gasteiger charge is 2.20. The highest BCUT2D eigenvalue weighted by molar-refractivity contribution is 6.00. The Hall–Kier alpha value is -1.39. The maximum atomic E-state index is 12.8. The molecule has 0 aliphatic carbocycles. The van der Waals surface area contributed by atoms with Gasteiger partial charge in [0.1, 0.15) is 0 Å². The number of fused-ring (bicyclic) bond motifs is 1. The van der Waals surface area contributed by atoms with Crippen LogP contribution in [0.3, 0.4) is 0 Å². The topological polar surface area (TPSA) is 44.4 Å². The van der Waals surface area contributed by atoms with Gasteiger partial charge in [-0.15, -0.1) is 0 Å². The number of likely N-dealkylation sites (tertiary alicyclic amines) is 1. The lowest BCUT2D eigenvalue weighted by Gasteiger charge is -2.18. The summed E-state index contributed by atoms with van der Waals surface area (Å²) in [6.07, 6.45) is 6.97. The summed E-state index contributed by atoms with van der Waals surface area (Å²) in [4.78, 5) is 15.3. The Morgan fingerprint density at radius 2 is 2.12 bits per heavy atom. The molecule has 0 bridgehead atoms. The standard InChI is InChI=1S/C20H31N3O/c1-2-18(21-10-3-4-12-23-13-5-6-14-23)20(24)17-7-8-19-16(15-17)9-11-22-19/h7-8,15,18,21-22H,2-6,9-14H2,1H3. The number of hydrogen-bond donors (Lipinski definition) is 2. The molecular formula is C20H31N3O. The third kappa shape index (κ3) is 4.37. The van der Waals surface area contributed by atoms with Crippen LogP contribution in [-0.4, -0.2) is 49.4 Å². The maximum Gasteiger partial charge on any atom is 0.179 e. The minimum Gasteiger partial charge on any atom is -0.384 e. The molecule has 4 heteroatoms. The fourth-order valence-electron chi connectivity index (χ4n) is 3.82.